The summed E-state index contributed by atoms with van der Waals surface area (Å²) >= 11 is 0. The molecule has 0 amide bonds. The van der Waals surface area contributed by atoms with Gasteiger partial charge >= 0.3 is 0 Å². The van der Waals surface area contributed by atoms with Crippen LogP contribution >= 0.6 is 0 Å². The van der Waals surface area contributed by atoms with E-state index in [1.807, 2.05) is 40.9 Å². The molecule has 0 aliphatic heterocycles. The second-order valence-corrected chi connectivity index (χ2v) is 4.09. The fraction of sp³-hybridized carbons (Fsp3) is 0.143. The van der Waals surface area contributed by atoms with Crippen LogP contribution in [0.5, 0.6) is 5.75 Å². The Kier molecular flexibility index (Phi) is 2.89. The fourth-order valence-electron chi connectivity index (χ4n) is 2.15. The first-order valence-corrected chi connectivity index (χ1v) is 6.00. The van der Waals surface area contributed by atoms with E-state index in [0.29, 0.717) is 6.54 Å². The number of ether oxygens (including phenoxy) is 1. The molecule has 5 heteroatoms. The highest BCUT2D eigenvalue weighted by Crippen LogP contribution is 2.31. The van der Waals surface area contributed by atoms with Gasteiger partial charge in [0.15, 0.2) is 5.65 Å². The largest absolute Gasteiger partial charge is 0.496 e. The third kappa shape index (κ3) is 1.84. The first-order chi connectivity index (χ1) is 9.35. The van der Waals surface area contributed by atoms with Crippen LogP contribution in [0.3, 0.4) is 0 Å². The molecule has 0 spiro atoms. The first-order valence-electron chi connectivity index (χ1n) is 6.00. The molecule has 0 atom stereocenters. The third-order valence-electron chi connectivity index (χ3n) is 3.02. The SMILES string of the molecule is COc1ccccc1-c1nc(CN)n2cccnc12. The number of para-hydroxylation sites is 1. The summed E-state index contributed by atoms with van der Waals surface area (Å²) in [6, 6.07) is 9.62. The Morgan fingerprint density at radius 2 is 2.11 bits per heavy atom. The number of fused-ring (bicyclic) bond motifs is 1. The molecule has 0 fully saturated rings. The molecule has 0 radical (unpaired) electrons. The van der Waals surface area contributed by atoms with Gasteiger partial charge in [-0.25, -0.2) is 9.97 Å². The van der Waals surface area contributed by atoms with E-state index in [2.05, 4.69) is 9.97 Å². The van der Waals surface area contributed by atoms with Gasteiger partial charge in [-0.1, -0.05) is 12.1 Å². The monoisotopic (exact) mass is 254 g/mol. The lowest BCUT2D eigenvalue weighted by atomic mass is 10.1. The van der Waals surface area contributed by atoms with E-state index in [1.54, 1.807) is 13.3 Å². The first kappa shape index (κ1) is 11.7. The Bertz CT molecular complexity index is 720. The summed E-state index contributed by atoms with van der Waals surface area (Å²) < 4.78 is 7.29. The van der Waals surface area contributed by atoms with Crippen molar-refractivity contribution in [3.8, 4) is 17.0 Å². The zero-order valence-corrected chi connectivity index (χ0v) is 10.6. The molecule has 0 aliphatic carbocycles. The van der Waals surface area contributed by atoms with Crippen molar-refractivity contribution in [2.75, 3.05) is 7.11 Å². The van der Waals surface area contributed by atoms with E-state index < -0.39 is 0 Å². The zero-order valence-electron chi connectivity index (χ0n) is 10.6. The Morgan fingerprint density at radius 3 is 2.89 bits per heavy atom. The van der Waals surface area contributed by atoms with Crippen LogP contribution in [0, 0.1) is 0 Å². The average Bonchev–Trinajstić information content (AvgIpc) is 2.86. The van der Waals surface area contributed by atoms with E-state index >= 15 is 0 Å². The van der Waals surface area contributed by atoms with Crippen LogP contribution in [0.25, 0.3) is 16.9 Å². The molecule has 5 nitrogen and oxygen atoms in total. The van der Waals surface area contributed by atoms with Gasteiger partial charge in [0, 0.05) is 18.0 Å². The van der Waals surface area contributed by atoms with Gasteiger partial charge in [-0.2, -0.15) is 0 Å². The summed E-state index contributed by atoms with van der Waals surface area (Å²) in [5, 5.41) is 0. The predicted molar refractivity (Wildman–Crippen MR) is 72.9 cm³/mol. The molecule has 0 saturated heterocycles. The average molecular weight is 254 g/mol. The number of nitrogens with zero attached hydrogens (tertiary/aromatic N) is 3. The van der Waals surface area contributed by atoms with Gasteiger partial charge in [-0.15, -0.1) is 0 Å². The summed E-state index contributed by atoms with van der Waals surface area (Å²) in [6.45, 7) is 0.363. The molecule has 1 aromatic carbocycles. The van der Waals surface area contributed by atoms with Crippen molar-refractivity contribution < 1.29 is 4.74 Å². The number of methoxy groups -OCH3 is 1. The molecule has 0 aliphatic rings. The van der Waals surface area contributed by atoms with Crippen molar-refractivity contribution in [3.63, 3.8) is 0 Å². The minimum atomic E-state index is 0.363. The number of rotatable bonds is 3. The summed E-state index contributed by atoms with van der Waals surface area (Å²) in [7, 11) is 1.65. The van der Waals surface area contributed by atoms with Gasteiger partial charge in [-0.3, -0.25) is 4.40 Å². The van der Waals surface area contributed by atoms with Gasteiger partial charge < -0.3 is 10.5 Å². The van der Waals surface area contributed by atoms with Crippen molar-refractivity contribution in [2.45, 2.75) is 6.54 Å². The van der Waals surface area contributed by atoms with Crippen molar-refractivity contribution in [1.82, 2.24) is 14.4 Å². The van der Waals surface area contributed by atoms with E-state index in [1.165, 1.54) is 0 Å². The van der Waals surface area contributed by atoms with Gasteiger partial charge in [0.1, 0.15) is 17.3 Å². The number of nitrogens with two attached hydrogens (primary N) is 1. The van der Waals surface area contributed by atoms with E-state index in [-0.39, 0.29) is 0 Å². The minimum Gasteiger partial charge on any atom is -0.496 e. The smallest absolute Gasteiger partial charge is 0.164 e. The van der Waals surface area contributed by atoms with E-state index in [4.69, 9.17) is 10.5 Å². The topological polar surface area (TPSA) is 65.4 Å². The maximum atomic E-state index is 5.74. The van der Waals surface area contributed by atoms with Crippen LogP contribution in [-0.4, -0.2) is 21.5 Å². The Balaban J connectivity index is 2.31. The number of hydrogen-bond donors (Lipinski definition) is 1. The molecule has 2 heterocycles. The van der Waals surface area contributed by atoms with Crippen molar-refractivity contribution in [2.24, 2.45) is 5.73 Å². The fourth-order valence-corrected chi connectivity index (χ4v) is 2.15. The highest BCUT2D eigenvalue weighted by molar-refractivity contribution is 5.78. The van der Waals surface area contributed by atoms with Crippen LogP contribution in [0.1, 0.15) is 5.82 Å². The lowest BCUT2D eigenvalue weighted by molar-refractivity contribution is 0.416. The molecule has 2 aromatic heterocycles. The van der Waals surface area contributed by atoms with Gasteiger partial charge in [-0.05, 0) is 18.2 Å². The van der Waals surface area contributed by atoms with Gasteiger partial charge in [0.2, 0.25) is 0 Å². The Hall–Kier alpha value is -2.40. The van der Waals surface area contributed by atoms with E-state index in [9.17, 15) is 0 Å². The maximum Gasteiger partial charge on any atom is 0.164 e. The highest BCUT2D eigenvalue weighted by Gasteiger charge is 2.15. The molecule has 3 rings (SSSR count). The molecular formula is C14H14N4O. The van der Waals surface area contributed by atoms with Crippen molar-refractivity contribution in [1.29, 1.82) is 0 Å². The molecule has 3 aromatic rings. The van der Waals surface area contributed by atoms with Crippen molar-refractivity contribution in [3.05, 3.63) is 48.5 Å². The lowest BCUT2D eigenvalue weighted by Gasteiger charge is -2.05. The summed E-state index contributed by atoms with van der Waals surface area (Å²) in [6.07, 6.45) is 3.66. The standard InChI is InChI=1S/C14H14N4O/c1-19-11-6-3-2-5-10(11)13-14-16-7-4-8-18(14)12(9-15)17-13/h2-8H,9,15H2,1H3. The van der Waals surface area contributed by atoms with Gasteiger partial charge in [0.05, 0.1) is 13.7 Å². The second-order valence-electron chi connectivity index (χ2n) is 4.09. The second kappa shape index (κ2) is 4.70. The number of aromatic nitrogens is 3. The molecule has 0 unspecified atom stereocenters. The number of benzene rings is 1. The third-order valence-corrected chi connectivity index (χ3v) is 3.02. The zero-order chi connectivity index (χ0) is 13.2. The number of imidazole rings is 1. The quantitative estimate of drug-likeness (QED) is 0.774. The lowest BCUT2D eigenvalue weighted by Crippen LogP contribution is -2.02. The van der Waals surface area contributed by atoms with Crippen LogP contribution in [-0.2, 0) is 6.54 Å². The van der Waals surface area contributed by atoms with Crippen LogP contribution < -0.4 is 10.5 Å². The summed E-state index contributed by atoms with van der Waals surface area (Å²) in [5.41, 5.74) is 8.23. The summed E-state index contributed by atoms with van der Waals surface area (Å²) in [5.74, 6) is 1.56. The minimum absolute atomic E-state index is 0.363. The molecule has 19 heavy (non-hydrogen) atoms. The van der Waals surface area contributed by atoms with E-state index in [0.717, 1.165) is 28.5 Å². The van der Waals surface area contributed by atoms with Crippen molar-refractivity contribution >= 4 is 5.65 Å². The Morgan fingerprint density at radius 1 is 1.26 bits per heavy atom. The molecule has 0 bridgehead atoms. The number of hydrogen-bond acceptors (Lipinski definition) is 4. The molecule has 0 saturated carbocycles. The van der Waals surface area contributed by atoms with Crippen LogP contribution in [0.15, 0.2) is 42.7 Å². The van der Waals surface area contributed by atoms with Crippen LogP contribution in [0.4, 0.5) is 0 Å². The predicted octanol–water partition coefficient (Wildman–Crippen LogP) is 1.86. The van der Waals surface area contributed by atoms with Gasteiger partial charge in [0.25, 0.3) is 0 Å². The van der Waals surface area contributed by atoms with Crippen LogP contribution in [0.2, 0.25) is 0 Å². The molecule has 96 valence electrons. The molecule has 2 N–H and O–H groups in total. The Labute approximate surface area is 110 Å². The molecular weight excluding hydrogens is 240 g/mol. The normalized spacial score (nSPS) is 10.8. The summed E-state index contributed by atoms with van der Waals surface area (Å²) in [4.78, 5) is 8.97. The highest BCUT2D eigenvalue weighted by atomic mass is 16.5. The maximum absolute atomic E-state index is 5.74.